The molecule has 1 aromatic carbocycles. The number of carbonyl (C=O) groups excluding carboxylic acids is 1. The first-order valence-electron chi connectivity index (χ1n) is 6.76. The third-order valence-electron chi connectivity index (χ3n) is 3.89. The summed E-state index contributed by atoms with van der Waals surface area (Å²) in [5.41, 5.74) is 7.01. The second kappa shape index (κ2) is 5.70. The van der Waals surface area contributed by atoms with Gasteiger partial charge in [0.25, 0.3) is 0 Å². The van der Waals surface area contributed by atoms with Crippen molar-refractivity contribution >= 4 is 5.91 Å². The third-order valence-corrected chi connectivity index (χ3v) is 3.89. The molecule has 1 heterocycles. The summed E-state index contributed by atoms with van der Waals surface area (Å²) in [6.07, 6.45) is 0.579. The van der Waals surface area contributed by atoms with Crippen molar-refractivity contribution < 1.29 is 9.18 Å². The highest BCUT2D eigenvalue weighted by Gasteiger charge is 2.31. The van der Waals surface area contributed by atoms with E-state index in [1.807, 2.05) is 0 Å². The van der Waals surface area contributed by atoms with Gasteiger partial charge in [-0.1, -0.05) is 19.9 Å². The second-order valence-electron chi connectivity index (χ2n) is 5.61. The molecule has 3 nitrogen and oxygen atoms in total. The van der Waals surface area contributed by atoms with E-state index in [1.165, 1.54) is 6.07 Å². The van der Waals surface area contributed by atoms with E-state index >= 15 is 0 Å². The van der Waals surface area contributed by atoms with Gasteiger partial charge in [-0.25, -0.2) is 4.39 Å². The number of halogens is 1. The quantitative estimate of drug-likeness (QED) is 0.907. The molecule has 0 aliphatic carbocycles. The average molecular weight is 264 g/mol. The van der Waals surface area contributed by atoms with E-state index in [0.29, 0.717) is 36.9 Å². The molecule has 1 fully saturated rings. The Kier molecular flexibility index (Phi) is 4.20. The number of amides is 1. The summed E-state index contributed by atoms with van der Waals surface area (Å²) in [7, 11) is 0. The fourth-order valence-electron chi connectivity index (χ4n) is 2.48. The van der Waals surface area contributed by atoms with Crippen molar-refractivity contribution in [1.29, 1.82) is 0 Å². The van der Waals surface area contributed by atoms with Crippen molar-refractivity contribution in [3.8, 4) is 0 Å². The van der Waals surface area contributed by atoms with Crippen LogP contribution in [0.1, 0.15) is 31.4 Å². The minimum atomic E-state index is -0.266. The molecule has 1 unspecified atom stereocenters. The van der Waals surface area contributed by atoms with Crippen LogP contribution in [0.25, 0.3) is 0 Å². The lowest BCUT2D eigenvalue weighted by molar-refractivity contribution is -0.128. The minimum Gasteiger partial charge on any atom is -0.338 e. The van der Waals surface area contributed by atoms with E-state index < -0.39 is 0 Å². The van der Waals surface area contributed by atoms with E-state index in [9.17, 15) is 9.18 Å². The van der Waals surface area contributed by atoms with Gasteiger partial charge in [-0.15, -0.1) is 0 Å². The highest BCUT2D eigenvalue weighted by atomic mass is 19.1. The van der Waals surface area contributed by atoms with Crippen LogP contribution in [0.2, 0.25) is 0 Å². The molecule has 1 aromatic rings. The molecule has 0 saturated carbocycles. The summed E-state index contributed by atoms with van der Waals surface area (Å²) in [5, 5.41) is 0. The van der Waals surface area contributed by atoms with Gasteiger partial charge in [0.2, 0.25) is 5.91 Å². The van der Waals surface area contributed by atoms with Crippen LogP contribution in [0.5, 0.6) is 0 Å². The van der Waals surface area contributed by atoms with E-state index in [1.54, 1.807) is 17.0 Å². The molecule has 0 spiro atoms. The Morgan fingerprint density at radius 1 is 1.47 bits per heavy atom. The predicted molar refractivity (Wildman–Crippen MR) is 72.7 cm³/mol. The molecule has 0 bridgehead atoms. The Bertz CT molecular complexity index is 473. The normalized spacial score (nSPS) is 19.5. The standard InChI is InChI=1S/C15H21FN2O/c1-10(2)12-6-15(19)18(8-12)9-13-5-11(7-17)3-4-14(13)16/h3-5,10,12H,6-9,17H2,1-2H3. The van der Waals surface area contributed by atoms with E-state index in [-0.39, 0.29) is 11.7 Å². The van der Waals surface area contributed by atoms with Crippen molar-refractivity contribution in [1.82, 2.24) is 4.90 Å². The number of nitrogens with two attached hydrogens (primary N) is 1. The van der Waals surface area contributed by atoms with E-state index in [0.717, 1.165) is 12.1 Å². The second-order valence-corrected chi connectivity index (χ2v) is 5.61. The van der Waals surface area contributed by atoms with Crippen LogP contribution >= 0.6 is 0 Å². The molecule has 4 heteroatoms. The highest BCUT2D eigenvalue weighted by Crippen LogP contribution is 2.26. The summed E-state index contributed by atoms with van der Waals surface area (Å²) >= 11 is 0. The summed E-state index contributed by atoms with van der Waals surface area (Å²) in [5.74, 6) is 0.719. The van der Waals surface area contributed by atoms with Gasteiger partial charge in [-0.2, -0.15) is 0 Å². The first kappa shape index (κ1) is 14.0. The van der Waals surface area contributed by atoms with Crippen molar-refractivity contribution in [2.75, 3.05) is 6.54 Å². The topological polar surface area (TPSA) is 46.3 Å². The average Bonchev–Trinajstić information content (AvgIpc) is 2.74. The van der Waals surface area contributed by atoms with Crippen molar-refractivity contribution in [2.24, 2.45) is 17.6 Å². The number of hydrogen-bond donors (Lipinski definition) is 1. The zero-order valence-electron chi connectivity index (χ0n) is 11.5. The molecule has 1 amide bonds. The summed E-state index contributed by atoms with van der Waals surface area (Å²) in [4.78, 5) is 13.7. The van der Waals surface area contributed by atoms with Gasteiger partial charge in [-0.3, -0.25) is 4.79 Å². The van der Waals surface area contributed by atoms with Gasteiger partial charge in [0.05, 0.1) is 0 Å². The Balaban J connectivity index is 2.11. The smallest absolute Gasteiger partial charge is 0.223 e. The zero-order chi connectivity index (χ0) is 14.0. The highest BCUT2D eigenvalue weighted by molar-refractivity contribution is 5.78. The van der Waals surface area contributed by atoms with E-state index in [4.69, 9.17) is 5.73 Å². The molecule has 0 aromatic heterocycles. The van der Waals surface area contributed by atoms with Gasteiger partial charge in [-0.05, 0) is 29.5 Å². The number of hydrogen-bond acceptors (Lipinski definition) is 2. The number of carbonyl (C=O) groups is 1. The number of benzene rings is 1. The zero-order valence-corrected chi connectivity index (χ0v) is 11.5. The lowest BCUT2D eigenvalue weighted by Crippen LogP contribution is -2.25. The minimum absolute atomic E-state index is 0.122. The Hall–Kier alpha value is -1.42. The first-order valence-corrected chi connectivity index (χ1v) is 6.76. The van der Waals surface area contributed by atoms with Gasteiger partial charge in [0, 0.05) is 31.6 Å². The molecular weight excluding hydrogens is 243 g/mol. The van der Waals surface area contributed by atoms with Crippen LogP contribution in [0.15, 0.2) is 18.2 Å². The van der Waals surface area contributed by atoms with Crippen LogP contribution in [0.3, 0.4) is 0 Å². The van der Waals surface area contributed by atoms with Gasteiger partial charge >= 0.3 is 0 Å². The Labute approximate surface area is 113 Å². The molecule has 1 aliphatic rings. The van der Waals surface area contributed by atoms with Crippen LogP contribution < -0.4 is 5.73 Å². The van der Waals surface area contributed by atoms with E-state index in [2.05, 4.69) is 13.8 Å². The number of likely N-dealkylation sites (tertiary alicyclic amines) is 1. The van der Waals surface area contributed by atoms with Crippen LogP contribution in [0, 0.1) is 17.7 Å². The fraction of sp³-hybridized carbons (Fsp3) is 0.533. The molecule has 104 valence electrons. The molecular formula is C15H21FN2O. The molecule has 1 atom stereocenters. The monoisotopic (exact) mass is 264 g/mol. The predicted octanol–water partition coefficient (Wildman–Crippen LogP) is 2.29. The fourth-order valence-corrected chi connectivity index (χ4v) is 2.48. The van der Waals surface area contributed by atoms with Crippen molar-refractivity contribution in [3.63, 3.8) is 0 Å². The maximum atomic E-state index is 13.8. The van der Waals surface area contributed by atoms with Gasteiger partial charge in [0.15, 0.2) is 0 Å². The Morgan fingerprint density at radius 3 is 2.79 bits per heavy atom. The molecule has 2 N–H and O–H groups in total. The molecule has 0 radical (unpaired) electrons. The SMILES string of the molecule is CC(C)C1CC(=O)N(Cc2cc(CN)ccc2F)C1. The molecule has 1 saturated heterocycles. The molecule has 1 aliphatic heterocycles. The lowest BCUT2D eigenvalue weighted by Gasteiger charge is -2.19. The molecule has 2 rings (SSSR count). The number of rotatable bonds is 4. The van der Waals surface area contributed by atoms with Crippen LogP contribution in [0.4, 0.5) is 4.39 Å². The number of nitrogens with zero attached hydrogens (tertiary/aromatic N) is 1. The molecule has 19 heavy (non-hydrogen) atoms. The maximum Gasteiger partial charge on any atom is 0.223 e. The third kappa shape index (κ3) is 3.13. The Morgan fingerprint density at radius 2 is 2.21 bits per heavy atom. The van der Waals surface area contributed by atoms with Crippen molar-refractivity contribution in [2.45, 2.75) is 33.4 Å². The van der Waals surface area contributed by atoms with Crippen LogP contribution in [-0.2, 0) is 17.9 Å². The van der Waals surface area contributed by atoms with Gasteiger partial charge < -0.3 is 10.6 Å². The van der Waals surface area contributed by atoms with Crippen molar-refractivity contribution in [3.05, 3.63) is 35.1 Å². The summed E-state index contributed by atoms with van der Waals surface area (Å²) in [6.45, 7) is 5.70. The summed E-state index contributed by atoms with van der Waals surface area (Å²) < 4.78 is 13.8. The maximum absolute atomic E-state index is 13.8. The van der Waals surface area contributed by atoms with Gasteiger partial charge in [0.1, 0.15) is 5.82 Å². The first-order chi connectivity index (χ1) is 9.01. The van der Waals surface area contributed by atoms with Crippen LogP contribution in [-0.4, -0.2) is 17.4 Å². The summed E-state index contributed by atoms with van der Waals surface area (Å²) in [6, 6.07) is 4.87. The largest absolute Gasteiger partial charge is 0.338 e. The lowest BCUT2D eigenvalue weighted by atomic mass is 9.95.